The molecule has 0 aromatic heterocycles. The van der Waals surface area contributed by atoms with Gasteiger partial charge in [-0.1, -0.05) is 0 Å². The van der Waals surface area contributed by atoms with E-state index in [0.29, 0.717) is 25.9 Å². The summed E-state index contributed by atoms with van der Waals surface area (Å²) in [4.78, 5) is 0. The van der Waals surface area contributed by atoms with Gasteiger partial charge in [-0.05, 0) is 44.1 Å². The van der Waals surface area contributed by atoms with Crippen LogP contribution in [0.4, 0.5) is 13.2 Å². The van der Waals surface area contributed by atoms with E-state index in [0.717, 1.165) is 6.07 Å². The Hall–Kier alpha value is -1.23. The van der Waals surface area contributed by atoms with Gasteiger partial charge < -0.3 is 10.1 Å². The highest BCUT2D eigenvalue weighted by atomic mass is 19.3. The zero-order valence-corrected chi connectivity index (χ0v) is 10.2. The summed E-state index contributed by atoms with van der Waals surface area (Å²) in [7, 11) is 1.31. The SMILES string of the molecule is COc1ccc(C(F)(F)C2CCNCC2)cc1F. The van der Waals surface area contributed by atoms with Gasteiger partial charge in [-0.15, -0.1) is 0 Å². The van der Waals surface area contributed by atoms with Crippen LogP contribution in [0.2, 0.25) is 0 Å². The molecule has 0 saturated carbocycles. The number of halogens is 3. The molecule has 0 aliphatic carbocycles. The maximum Gasteiger partial charge on any atom is 0.276 e. The quantitative estimate of drug-likeness (QED) is 0.901. The first kappa shape index (κ1) is 13.2. The molecule has 100 valence electrons. The van der Waals surface area contributed by atoms with E-state index in [2.05, 4.69) is 5.32 Å². The third-order valence-electron chi connectivity index (χ3n) is 3.39. The number of nitrogens with one attached hydrogen (secondary N) is 1. The molecule has 1 aromatic rings. The highest BCUT2D eigenvalue weighted by Crippen LogP contribution is 2.41. The molecule has 18 heavy (non-hydrogen) atoms. The number of alkyl halides is 2. The summed E-state index contributed by atoms with van der Waals surface area (Å²) in [6.07, 6.45) is 0.807. The minimum atomic E-state index is -2.99. The van der Waals surface area contributed by atoms with E-state index in [1.165, 1.54) is 19.2 Å². The second-order valence-corrected chi connectivity index (χ2v) is 4.50. The van der Waals surface area contributed by atoms with Crippen molar-refractivity contribution in [2.24, 2.45) is 5.92 Å². The number of hydrogen-bond acceptors (Lipinski definition) is 2. The van der Waals surface area contributed by atoms with Gasteiger partial charge in [-0.2, -0.15) is 0 Å². The fourth-order valence-electron chi connectivity index (χ4n) is 2.29. The third kappa shape index (κ3) is 2.46. The molecular formula is C13H16F3NO. The zero-order valence-electron chi connectivity index (χ0n) is 10.2. The van der Waals surface area contributed by atoms with Crippen molar-refractivity contribution in [2.75, 3.05) is 20.2 Å². The molecule has 0 unspecified atom stereocenters. The number of hydrogen-bond donors (Lipinski definition) is 1. The van der Waals surface area contributed by atoms with E-state index in [1.54, 1.807) is 0 Å². The summed E-state index contributed by atoms with van der Waals surface area (Å²) in [5.74, 6) is -4.48. The Labute approximate surface area is 104 Å². The molecule has 2 nitrogen and oxygen atoms in total. The molecule has 0 bridgehead atoms. The normalized spacial score (nSPS) is 17.8. The molecule has 0 amide bonds. The second-order valence-electron chi connectivity index (χ2n) is 4.50. The number of piperidine rings is 1. The highest BCUT2D eigenvalue weighted by molar-refractivity contribution is 5.32. The van der Waals surface area contributed by atoms with Gasteiger partial charge in [-0.25, -0.2) is 13.2 Å². The topological polar surface area (TPSA) is 21.3 Å². The molecule has 0 spiro atoms. The van der Waals surface area contributed by atoms with Gasteiger partial charge in [0, 0.05) is 11.5 Å². The molecule has 5 heteroatoms. The molecule has 1 aliphatic heterocycles. The van der Waals surface area contributed by atoms with Crippen LogP contribution in [0.15, 0.2) is 18.2 Å². The van der Waals surface area contributed by atoms with Crippen LogP contribution in [0, 0.1) is 11.7 Å². The Morgan fingerprint density at radius 3 is 2.50 bits per heavy atom. The molecular weight excluding hydrogens is 243 g/mol. The van der Waals surface area contributed by atoms with Gasteiger partial charge in [-0.3, -0.25) is 0 Å². The zero-order chi connectivity index (χ0) is 13.2. The van der Waals surface area contributed by atoms with Crippen LogP contribution in [0.3, 0.4) is 0 Å². The lowest BCUT2D eigenvalue weighted by Gasteiger charge is -2.30. The standard InChI is InChI=1S/C13H16F3NO/c1-18-12-3-2-10(8-11(12)14)13(15,16)9-4-6-17-7-5-9/h2-3,8-9,17H,4-7H2,1H3. The Morgan fingerprint density at radius 2 is 1.94 bits per heavy atom. The summed E-state index contributed by atoms with van der Waals surface area (Å²) < 4.78 is 46.6. The smallest absolute Gasteiger partial charge is 0.276 e. The second kappa shape index (κ2) is 5.18. The average molecular weight is 259 g/mol. The number of rotatable bonds is 3. The van der Waals surface area contributed by atoms with Crippen molar-refractivity contribution < 1.29 is 17.9 Å². The molecule has 0 radical (unpaired) electrons. The average Bonchev–Trinajstić information content (AvgIpc) is 2.39. The van der Waals surface area contributed by atoms with Crippen molar-refractivity contribution in [3.63, 3.8) is 0 Å². The van der Waals surface area contributed by atoms with Crippen molar-refractivity contribution in [2.45, 2.75) is 18.8 Å². The number of benzene rings is 1. The van der Waals surface area contributed by atoms with Crippen LogP contribution in [-0.2, 0) is 5.92 Å². The first-order valence-corrected chi connectivity index (χ1v) is 5.98. The van der Waals surface area contributed by atoms with Gasteiger partial charge in [0.2, 0.25) is 0 Å². The van der Waals surface area contributed by atoms with E-state index in [4.69, 9.17) is 4.74 Å². The lowest BCUT2D eigenvalue weighted by Crippen LogP contribution is -2.36. The highest BCUT2D eigenvalue weighted by Gasteiger charge is 2.41. The molecule has 1 N–H and O–H groups in total. The van der Waals surface area contributed by atoms with Gasteiger partial charge in [0.15, 0.2) is 11.6 Å². The first-order valence-electron chi connectivity index (χ1n) is 5.98. The Bertz CT molecular complexity index is 417. The van der Waals surface area contributed by atoms with Crippen LogP contribution in [-0.4, -0.2) is 20.2 Å². The van der Waals surface area contributed by atoms with Gasteiger partial charge in [0.05, 0.1) is 7.11 Å². The largest absolute Gasteiger partial charge is 0.494 e. The van der Waals surface area contributed by atoms with E-state index in [-0.39, 0.29) is 11.3 Å². The van der Waals surface area contributed by atoms with Crippen LogP contribution in [0.5, 0.6) is 5.75 Å². The summed E-state index contributed by atoms with van der Waals surface area (Å²) in [6.45, 7) is 1.16. The Morgan fingerprint density at radius 1 is 1.28 bits per heavy atom. The van der Waals surface area contributed by atoms with Crippen LogP contribution in [0.1, 0.15) is 18.4 Å². The third-order valence-corrected chi connectivity index (χ3v) is 3.39. The molecule has 1 aromatic carbocycles. The van der Waals surface area contributed by atoms with E-state index in [9.17, 15) is 13.2 Å². The minimum Gasteiger partial charge on any atom is -0.494 e. The lowest BCUT2D eigenvalue weighted by molar-refractivity contribution is -0.0755. The van der Waals surface area contributed by atoms with Crippen molar-refractivity contribution in [3.8, 4) is 5.75 Å². The van der Waals surface area contributed by atoms with E-state index in [1.807, 2.05) is 0 Å². The monoisotopic (exact) mass is 259 g/mol. The molecule has 1 heterocycles. The van der Waals surface area contributed by atoms with Crippen LogP contribution >= 0.6 is 0 Å². The Balaban J connectivity index is 2.25. The molecule has 1 aliphatic rings. The molecule has 0 atom stereocenters. The lowest BCUT2D eigenvalue weighted by atomic mass is 9.87. The van der Waals surface area contributed by atoms with Crippen molar-refractivity contribution >= 4 is 0 Å². The van der Waals surface area contributed by atoms with Gasteiger partial charge >= 0.3 is 0 Å². The Kier molecular flexibility index (Phi) is 3.80. The fourth-order valence-corrected chi connectivity index (χ4v) is 2.29. The molecule has 2 rings (SSSR count). The van der Waals surface area contributed by atoms with E-state index >= 15 is 0 Å². The first-order chi connectivity index (χ1) is 8.55. The molecule has 1 fully saturated rings. The van der Waals surface area contributed by atoms with Crippen molar-refractivity contribution in [1.29, 1.82) is 0 Å². The van der Waals surface area contributed by atoms with Crippen molar-refractivity contribution in [3.05, 3.63) is 29.6 Å². The maximum absolute atomic E-state index is 14.2. The number of methoxy groups -OCH3 is 1. The van der Waals surface area contributed by atoms with Crippen molar-refractivity contribution in [1.82, 2.24) is 5.32 Å². The summed E-state index contributed by atoms with van der Waals surface area (Å²) in [6, 6.07) is 3.37. The summed E-state index contributed by atoms with van der Waals surface area (Å²) in [5.41, 5.74) is -0.271. The fraction of sp³-hybridized carbons (Fsp3) is 0.538. The minimum absolute atomic E-state index is 0.0140. The summed E-state index contributed by atoms with van der Waals surface area (Å²) >= 11 is 0. The summed E-state index contributed by atoms with van der Waals surface area (Å²) in [5, 5.41) is 3.04. The molecule has 1 saturated heterocycles. The maximum atomic E-state index is 14.2. The predicted molar refractivity (Wildman–Crippen MR) is 62.4 cm³/mol. The van der Waals surface area contributed by atoms with Gasteiger partial charge in [0.25, 0.3) is 5.92 Å². The van der Waals surface area contributed by atoms with Crippen LogP contribution < -0.4 is 10.1 Å². The van der Waals surface area contributed by atoms with Gasteiger partial charge in [0.1, 0.15) is 0 Å². The van der Waals surface area contributed by atoms with Crippen LogP contribution in [0.25, 0.3) is 0 Å². The van der Waals surface area contributed by atoms with E-state index < -0.39 is 17.7 Å². The predicted octanol–water partition coefficient (Wildman–Crippen LogP) is 2.93. The number of ether oxygens (including phenoxy) is 1.